The first-order valence-electron chi connectivity index (χ1n) is 9.87. The van der Waals surface area contributed by atoms with E-state index in [0.717, 1.165) is 41.2 Å². The third kappa shape index (κ3) is 5.55. The molecule has 0 radical (unpaired) electrons. The molecule has 0 saturated carbocycles. The van der Waals surface area contributed by atoms with E-state index in [-0.39, 0.29) is 17.7 Å². The van der Waals surface area contributed by atoms with E-state index in [1.54, 1.807) is 6.08 Å². The van der Waals surface area contributed by atoms with Crippen LogP contribution in [0.4, 0.5) is 4.79 Å². The van der Waals surface area contributed by atoms with Crippen LogP contribution in [0.3, 0.4) is 0 Å². The summed E-state index contributed by atoms with van der Waals surface area (Å²) < 4.78 is 8.13. The number of imide groups is 1. The first kappa shape index (κ1) is 23.3. The maximum absolute atomic E-state index is 13.0. The maximum Gasteiger partial charge on any atom is 0.293 e. The number of carbonyl (C=O) groups is 2. The fraction of sp³-hybridized carbons (Fsp3) is 0.120. The second kappa shape index (κ2) is 10.4. The van der Waals surface area contributed by atoms with Gasteiger partial charge >= 0.3 is 0 Å². The molecule has 0 spiro atoms. The number of ether oxygens (including phenoxy) is 1. The number of halogens is 2. The van der Waals surface area contributed by atoms with Gasteiger partial charge < -0.3 is 4.74 Å². The lowest BCUT2D eigenvalue weighted by Gasteiger charge is -2.14. The highest BCUT2D eigenvalue weighted by Gasteiger charge is 2.35. The van der Waals surface area contributed by atoms with E-state index in [2.05, 4.69) is 45.2 Å². The minimum atomic E-state index is -0.274. The van der Waals surface area contributed by atoms with Crippen molar-refractivity contribution < 1.29 is 14.3 Å². The maximum atomic E-state index is 13.0. The van der Waals surface area contributed by atoms with E-state index >= 15 is 0 Å². The average Bonchev–Trinajstić information content (AvgIpc) is 3.01. The second-order valence-corrected chi connectivity index (χ2v) is 10.7. The van der Waals surface area contributed by atoms with Gasteiger partial charge in [-0.15, -0.1) is 0 Å². The van der Waals surface area contributed by atoms with E-state index in [1.807, 2.05) is 73.7 Å². The Kier molecular flexibility index (Phi) is 7.57. The van der Waals surface area contributed by atoms with Gasteiger partial charge in [-0.3, -0.25) is 14.5 Å². The Morgan fingerprint density at radius 2 is 1.72 bits per heavy atom. The minimum absolute atomic E-state index is 0.255. The summed E-state index contributed by atoms with van der Waals surface area (Å²) in [5.41, 5.74) is 3.88. The molecule has 0 N–H and O–H groups in total. The fourth-order valence-corrected chi connectivity index (χ4v) is 6.21. The molecule has 4 rings (SSSR count). The highest BCUT2D eigenvalue weighted by Crippen LogP contribution is 2.37. The second-order valence-electron chi connectivity index (χ2n) is 7.34. The van der Waals surface area contributed by atoms with Crippen molar-refractivity contribution in [3.63, 3.8) is 0 Å². The van der Waals surface area contributed by atoms with Crippen LogP contribution in [0.15, 0.2) is 71.6 Å². The molecule has 0 aromatic heterocycles. The van der Waals surface area contributed by atoms with Crippen molar-refractivity contribution in [1.82, 2.24) is 4.90 Å². The summed E-state index contributed by atoms with van der Waals surface area (Å²) >= 11 is 5.46. The smallest absolute Gasteiger partial charge is 0.293 e. The van der Waals surface area contributed by atoms with Crippen LogP contribution in [0, 0.1) is 14.1 Å². The molecular weight excluding hydrogens is 648 g/mol. The van der Waals surface area contributed by atoms with Crippen LogP contribution in [-0.4, -0.2) is 16.0 Å². The van der Waals surface area contributed by atoms with Crippen LogP contribution in [-0.2, 0) is 17.9 Å². The molecule has 32 heavy (non-hydrogen) atoms. The van der Waals surface area contributed by atoms with E-state index in [0.29, 0.717) is 17.3 Å². The summed E-state index contributed by atoms with van der Waals surface area (Å²) in [6, 6.07) is 21.8. The SMILES string of the molecule is Cc1cccc(CN2C(=O)S/C(=C\c3cc(I)cc(I)c3OCc3ccccc3)C2=O)c1. The molecule has 2 amide bonds. The lowest BCUT2D eigenvalue weighted by atomic mass is 10.1. The predicted molar refractivity (Wildman–Crippen MR) is 145 cm³/mol. The third-order valence-corrected chi connectivity index (χ3v) is 7.18. The quantitative estimate of drug-likeness (QED) is 0.210. The molecule has 0 unspecified atom stereocenters. The van der Waals surface area contributed by atoms with Gasteiger partial charge in [0.05, 0.1) is 15.0 Å². The largest absolute Gasteiger partial charge is 0.487 e. The molecule has 0 atom stereocenters. The van der Waals surface area contributed by atoms with Gasteiger partial charge in [-0.1, -0.05) is 60.2 Å². The van der Waals surface area contributed by atoms with Crippen LogP contribution in [0.25, 0.3) is 6.08 Å². The predicted octanol–water partition coefficient (Wildman–Crippen LogP) is 7.02. The van der Waals surface area contributed by atoms with Gasteiger partial charge in [-0.25, -0.2) is 0 Å². The number of nitrogens with zero attached hydrogens (tertiary/aromatic N) is 1. The molecule has 0 bridgehead atoms. The number of thioether (sulfide) groups is 1. The Morgan fingerprint density at radius 3 is 2.47 bits per heavy atom. The van der Waals surface area contributed by atoms with Gasteiger partial charge in [-0.2, -0.15) is 0 Å². The van der Waals surface area contributed by atoms with Crippen LogP contribution < -0.4 is 4.74 Å². The summed E-state index contributed by atoms with van der Waals surface area (Å²) in [4.78, 5) is 27.3. The molecule has 4 nitrogen and oxygen atoms in total. The summed E-state index contributed by atoms with van der Waals surface area (Å²) in [5, 5.41) is -0.255. The van der Waals surface area contributed by atoms with Crippen LogP contribution in [0.2, 0.25) is 0 Å². The van der Waals surface area contributed by atoms with Gasteiger partial charge in [0, 0.05) is 9.13 Å². The third-order valence-electron chi connectivity index (χ3n) is 4.85. The first-order valence-corrected chi connectivity index (χ1v) is 12.8. The Morgan fingerprint density at radius 1 is 0.969 bits per heavy atom. The number of aryl methyl sites for hydroxylation is 1. The molecule has 3 aromatic rings. The van der Waals surface area contributed by atoms with Gasteiger partial charge in [-0.05, 0) is 93.2 Å². The van der Waals surface area contributed by atoms with Gasteiger partial charge in [0.15, 0.2) is 0 Å². The number of amides is 2. The van der Waals surface area contributed by atoms with Crippen molar-refractivity contribution in [2.75, 3.05) is 0 Å². The zero-order valence-corrected chi connectivity index (χ0v) is 22.3. The van der Waals surface area contributed by atoms with E-state index in [4.69, 9.17) is 4.74 Å². The lowest BCUT2D eigenvalue weighted by Crippen LogP contribution is -2.27. The van der Waals surface area contributed by atoms with Crippen molar-refractivity contribution in [2.45, 2.75) is 20.1 Å². The summed E-state index contributed by atoms with van der Waals surface area (Å²) in [6.45, 7) is 2.69. The number of rotatable bonds is 6. The van der Waals surface area contributed by atoms with Gasteiger partial charge in [0.2, 0.25) is 0 Å². The van der Waals surface area contributed by atoms with E-state index < -0.39 is 0 Å². The molecule has 162 valence electrons. The highest BCUT2D eigenvalue weighted by atomic mass is 127. The topological polar surface area (TPSA) is 46.6 Å². The molecule has 7 heteroatoms. The Balaban J connectivity index is 1.60. The molecule has 3 aromatic carbocycles. The molecule has 1 aliphatic rings. The van der Waals surface area contributed by atoms with Crippen molar-refractivity contribution in [3.05, 3.63) is 101 Å². The Labute approximate surface area is 218 Å². The van der Waals surface area contributed by atoms with Gasteiger partial charge in [0.1, 0.15) is 12.4 Å². The number of carbonyl (C=O) groups excluding carboxylic acids is 2. The van der Waals surface area contributed by atoms with Crippen molar-refractivity contribution >= 4 is 74.2 Å². The van der Waals surface area contributed by atoms with E-state index in [1.165, 1.54) is 4.90 Å². The number of hydrogen-bond donors (Lipinski definition) is 0. The standard InChI is InChI=1S/C25H19I2NO3S/c1-16-6-5-9-18(10-16)14-28-24(29)22(32-25(28)30)12-19-11-20(26)13-21(27)23(19)31-15-17-7-3-2-4-8-17/h2-13H,14-15H2,1H3/b22-12-. The lowest BCUT2D eigenvalue weighted by molar-refractivity contribution is -0.123. The summed E-state index contributed by atoms with van der Waals surface area (Å²) in [5.74, 6) is 0.435. The van der Waals surface area contributed by atoms with Crippen molar-refractivity contribution in [2.24, 2.45) is 0 Å². The van der Waals surface area contributed by atoms with Crippen LogP contribution in [0.5, 0.6) is 5.75 Å². The Bertz CT molecular complexity index is 1210. The van der Waals surface area contributed by atoms with Crippen molar-refractivity contribution in [1.29, 1.82) is 0 Å². The highest BCUT2D eigenvalue weighted by molar-refractivity contribution is 14.1. The van der Waals surface area contributed by atoms with Crippen LogP contribution in [0.1, 0.15) is 22.3 Å². The van der Waals surface area contributed by atoms with Crippen molar-refractivity contribution in [3.8, 4) is 5.75 Å². The first-order chi connectivity index (χ1) is 15.4. The van der Waals surface area contributed by atoms with E-state index in [9.17, 15) is 9.59 Å². The number of benzene rings is 3. The molecule has 1 aliphatic heterocycles. The fourth-order valence-electron chi connectivity index (χ4n) is 3.34. The molecule has 1 fully saturated rings. The summed E-state index contributed by atoms with van der Waals surface area (Å²) in [6.07, 6.45) is 1.77. The minimum Gasteiger partial charge on any atom is -0.487 e. The normalized spacial score (nSPS) is 15.0. The number of hydrogen-bond acceptors (Lipinski definition) is 4. The molecule has 0 aliphatic carbocycles. The Hall–Kier alpha value is -1.85. The van der Waals surface area contributed by atoms with Crippen LogP contribution >= 0.6 is 56.9 Å². The monoisotopic (exact) mass is 667 g/mol. The van der Waals surface area contributed by atoms with Gasteiger partial charge in [0.25, 0.3) is 11.1 Å². The zero-order chi connectivity index (χ0) is 22.7. The average molecular weight is 667 g/mol. The zero-order valence-electron chi connectivity index (χ0n) is 17.2. The molecule has 1 saturated heterocycles. The molecule has 1 heterocycles. The molecular formula is C25H19I2NO3S. The summed E-state index contributed by atoms with van der Waals surface area (Å²) in [7, 11) is 0.